The fourth-order valence-electron chi connectivity index (χ4n) is 4.17. The van der Waals surface area contributed by atoms with Gasteiger partial charge >= 0.3 is 0 Å². The van der Waals surface area contributed by atoms with E-state index in [1.54, 1.807) is 0 Å². The molecule has 0 spiro atoms. The standard InChI is InChI=1S/C26H44O/c1-3-4-5-6-13-18-26(27-22-24-16-11-9-12-17-24)19-14-8-7-10-15-23(2)25-20-21-25/h9,11-12,16-17,23,25-26H,3-8,10,13-15,18-22H2,1-2H3. The minimum absolute atomic E-state index is 0.456. The number of rotatable bonds is 17. The first-order chi connectivity index (χ1) is 13.3. The van der Waals surface area contributed by atoms with Crippen LogP contribution in [0.4, 0.5) is 0 Å². The molecule has 0 aliphatic heterocycles. The van der Waals surface area contributed by atoms with Crippen LogP contribution < -0.4 is 0 Å². The smallest absolute Gasteiger partial charge is 0.0720 e. The molecule has 27 heavy (non-hydrogen) atoms. The van der Waals surface area contributed by atoms with E-state index < -0.39 is 0 Å². The lowest BCUT2D eigenvalue weighted by Gasteiger charge is -2.18. The second kappa shape index (κ2) is 14.2. The topological polar surface area (TPSA) is 9.23 Å². The van der Waals surface area contributed by atoms with Crippen LogP contribution in [0.2, 0.25) is 0 Å². The van der Waals surface area contributed by atoms with Gasteiger partial charge in [0.2, 0.25) is 0 Å². The predicted octanol–water partition coefficient (Wildman–Crippen LogP) is 8.32. The van der Waals surface area contributed by atoms with E-state index in [0.717, 1.165) is 18.4 Å². The lowest BCUT2D eigenvalue weighted by Crippen LogP contribution is -2.13. The molecule has 0 heterocycles. The van der Waals surface area contributed by atoms with Crippen molar-refractivity contribution in [2.75, 3.05) is 0 Å². The SMILES string of the molecule is CCCCCCCC(CCCCCCC(C)C1CC1)OCc1ccccc1. The molecule has 0 saturated heterocycles. The Morgan fingerprint density at radius 2 is 1.41 bits per heavy atom. The molecule has 1 heteroatoms. The highest BCUT2D eigenvalue weighted by molar-refractivity contribution is 5.13. The number of unbranched alkanes of at least 4 members (excludes halogenated alkanes) is 7. The van der Waals surface area contributed by atoms with E-state index in [9.17, 15) is 0 Å². The van der Waals surface area contributed by atoms with Gasteiger partial charge in [0.25, 0.3) is 0 Å². The first-order valence-corrected chi connectivity index (χ1v) is 11.9. The maximum atomic E-state index is 6.32. The van der Waals surface area contributed by atoms with Gasteiger partial charge in [0.05, 0.1) is 12.7 Å². The predicted molar refractivity (Wildman–Crippen MR) is 118 cm³/mol. The lowest BCUT2D eigenvalue weighted by molar-refractivity contribution is 0.0261. The summed E-state index contributed by atoms with van der Waals surface area (Å²) in [6.45, 7) is 5.53. The van der Waals surface area contributed by atoms with Gasteiger partial charge in [0.1, 0.15) is 0 Å². The van der Waals surface area contributed by atoms with Crippen LogP contribution in [0.1, 0.15) is 109 Å². The molecule has 0 amide bonds. The van der Waals surface area contributed by atoms with Crippen molar-refractivity contribution in [3.63, 3.8) is 0 Å². The molecule has 1 saturated carbocycles. The molecule has 1 nitrogen and oxygen atoms in total. The molecule has 154 valence electrons. The van der Waals surface area contributed by atoms with Crippen LogP contribution in [-0.4, -0.2) is 6.10 Å². The Hall–Kier alpha value is -0.820. The summed E-state index contributed by atoms with van der Waals surface area (Å²) >= 11 is 0. The van der Waals surface area contributed by atoms with Gasteiger partial charge in [-0.25, -0.2) is 0 Å². The number of benzene rings is 1. The highest BCUT2D eigenvalue weighted by Gasteiger charge is 2.26. The summed E-state index contributed by atoms with van der Waals surface area (Å²) in [5.41, 5.74) is 1.31. The zero-order chi connectivity index (χ0) is 19.2. The summed E-state index contributed by atoms with van der Waals surface area (Å²) in [7, 11) is 0. The third-order valence-electron chi connectivity index (χ3n) is 6.32. The zero-order valence-electron chi connectivity index (χ0n) is 18.1. The van der Waals surface area contributed by atoms with Crippen molar-refractivity contribution in [2.24, 2.45) is 11.8 Å². The number of hydrogen-bond acceptors (Lipinski definition) is 1. The van der Waals surface area contributed by atoms with Crippen LogP contribution in [0.5, 0.6) is 0 Å². The Balaban J connectivity index is 1.58. The maximum absolute atomic E-state index is 6.32. The molecule has 0 aromatic heterocycles. The highest BCUT2D eigenvalue weighted by atomic mass is 16.5. The summed E-state index contributed by atoms with van der Waals surface area (Å²) in [5.74, 6) is 2.06. The quantitative estimate of drug-likeness (QED) is 0.250. The van der Waals surface area contributed by atoms with Gasteiger partial charge < -0.3 is 4.74 Å². The molecule has 0 bridgehead atoms. The first-order valence-electron chi connectivity index (χ1n) is 11.9. The Morgan fingerprint density at radius 3 is 2.00 bits per heavy atom. The van der Waals surface area contributed by atoms with Crippen LogP contribution in [-0.2, 0) is 11.3 Å². The maximum Gasteiger partial charge on any atom is 0.0720 e. The molecule has 1 fully saturated rings. The van der Waals surface area contributed by atoms with E-state index in [1.165, 1.54) is 95.5 Å². The van der Waals surface area contributed by atoms with Gasteiger partial charge in [-0.1, -0.05) is 108 Å². The molecular formula is C26H44O. The normalized spacial score (nSPS) is 16.4. The number of hydrogen-bond donors (Lipinski definition) is 0. The van der Waals surface area contributed by atoms with Gasteiger partial charge in [0.15, 0.2) is 0 Å². The molecule has 2 unspecified atom stereocenters. The lowest BCUT2D eigenvalue weighted by atomic mass is 9.97. The second-order valence-corrected chi connectivity index (χ2v) is 8.93. The second-order valence-electron chi connectivity index (χ2n) is 8.93. The van der Waals surface area contributed by atoms with Crippen LogP contribution in [0, 0.1) is 11.8 Å². The summed E-state index contributed by atoms with van der Waals surface area (Å²) < 4.78 is 6.32. The van der Waals surface area contributed by atoms with Crippen LogP contribution in [0.25, 0.3) is 0 Å². The molecule has 2 atom stereocenters. The van der Waals surface area contributed by atoms with Crippen molar-refractivity contribution in [1.82, 2.24) is 0 Å². The van der Waals surface area contributed by atoms with E-state index in [-0.39, 0.29) is 0 Å². The fourth-order valence-corrected chi connectivity index (χ4v) is 4.17. The van der Waals surface area contributed by atoms with Crippen LogP contribution in [0.15, 0.2) is 30.3 Å². The van der Waals surface area contributed by atoms with Crippen molar-refractivity contribution >= 4 is 0 Å². The van der Waals surface area contributed by atoms with Crippen molar-refractivity contribution in [1.29, 1.82) is 0 Å². The van der Waals surface area contributed by atoms with Crippen molar-refractivity contribution in [2.45, 2.75) is 116 Å². The average molecular weight is 373 g/mol. The highest BCUT2D eigenvalue weighted by Crippen LogP contribution is 2.38. The van der Waals surface area contributed by atoms with Crippen LogP contribution >= 0.6 is 0 Å². The largest absolute Gasteiger partial charge is 0.374 e. The summed E-state index contributed by atoms with van der Waals surface area (Å²) in [5, 5.41) is 0. The third kappa shape index (κ3) is 10.9. The minimum Gasteiger partial charge on any atom is -0.374 e. The van der Waals surface area contributed by atoms with Gasteiger partial charge in [-0.05, 0) is 43.1 Å². The molecule has 1 aromatic rings. The van der Waals surface area contributed by atoms with Crippen molar-refractivity contribution < 1.29 is 4.74 Å². The number of ether oxygens (including phenoxy) is 1. The molecule has 0 N–H and O–H groups in total. The van der Waals surface area contributed by atoms with E-state index in [2.05, 4.69) is 44.2 Å². The molecule has 1 aliphatic carbocycles. The van der Waals surface area contributed by atoms with E-state index >= 15 is 0 Å². The molecule has 1 aromatic carbocycles. The molecule has 1 aliphatic rings. The van der Waals surface area contributed by atoms with E-state index in [0.29, 0.717) is 6.10 Å². The van der Waals surface area contributed by atoms with Gasteiger partial charge in [0, 0.05) is 0 Å². The summed E-state index contributed by atoms with van der Waals surface area (Å²) in [4.78, 5) is 0. The zero-order valence-corrected chi connectivity index (χ0v) is 18.1. The van der Waals surface area contributed by atoms with Gasteiger partial charge in [-0.3, -0.25) is 0 Å². The van der Waals surface area contributed by atoms with E-state index in [4.69, 9.17) is 4.74 Å². The molecule has 2 rings (SSSR count). The first kappa shape index (κ1) is 22.5. The Kier molecular flexibility index (Phi) is 11.8. The Labute approximate surface area is 169 Å². The minimum atomic E-state index is 0.456. The molecular weight excluding hydrogens is 328 g/mol. The Bertz CT molecular complexity index is 451. The van der Waals surface area contributed by atoms with Crippen LogP contribution in [0.3, 0.4) is 0 Å². The van der Waals surface area contributed by atoms with Gasteiger partial charge in [-0.2, -0.15) is 0 Å². The fraction of sp³-hybridized carbons (Fsp3) is 0.769. The van der Waals surface area contributed by atoms with Gasteiger partial charge in [-0.15, -0.1) is 0 Å². The average Bonchev–Trinajstić information content (AvgIpc) is 3.54. The molecule has 0 radical (unpaired) electrons. The monoisotopic (exact) mass is 372 g/mol. The Morgan fingerprint density at radius 1 is 0.815 bits per heavy atom. The van der Waals surface area contributed by atoms with E-state index in [1.807, 2.05) is 0 Å². The summed E-state index contributed by atoms with van der Waals surface area (Å²) in [6.07, 6.45) is 19.8. The summed E-state index contributed by atoms with van der Waals surface area (Å²) in [6, 6.07) is 10.7. The van der Waals surface area contributed by atoms with Crippen molar-refractivity contribution in [3.05, 3.63) is 35.9 Å². The van der Waals surface area contributed by atoms with Crippen molar-refractivity contribution in [3.8, 4) is 0 Å². The third-order valence-corrected chi connectivity index (χ3v) is 6.32.